The Balaban J connectivity index is 1.73. The molecule has 5 nitrogen and oxygen atoms in total. The normalized spacial score (nSPS) is 17.0. The Kier molecular flexibility index (Phi) is 7.51. The number of nitrogens with zero attached hydrogens (tertiary/aromatic N) is 2. The van der Waals surface area contributed by atoms with Gasteiger partial charge in [0.25, 0.3) is 0 Å². The average molecular weight is 410 g/mol. The first-order valence-electron chi connectivity index (χ1n) is 10.8. The van der Waals surface area contributed by atoms with Gasteiger partial charge in [-0.3, -0.25) is 9.69 Å². The van der Waals surface area contributed by atoms with E-state index in [1.54, 1.807) is 7.11 Å². The number of benzene rings is 2. The molecule has 30 heavy (non-hydrogen) atoms. The van der Waals surface area contributed by atoms with Crippen molar-refractivity contribution in [2.24, 2.45) is 5.92 Å². The number of amides is 1. The molecule has 0 aliphatic carbocycles. The SMILES string of the molecule is CNCC(Cc1ccccc1)C(=O)N1CCC(c2cccc(OC)c2)(N(C)C)CC1. The van der Waals surface area contributed by atoms with E-state index >= 15 is 0 Å². The number of ether oxygens (including phenoxy) is 1. The molecule has 0 radical (unpaired) electrons. The largest absolute Gasteiger partial charge is 0.497 e. The fourth-order valence-corrected chi connectivity index (χ4v) is 4.65. The summed E-state index contributed by atoms with van der Waals surface area (Å²) in [4.78, 5) is 17.7. The van der Waals surface area contributed by atoms with Gasteiger partial charge in [0.15, 0.2) is 0 Å². The molecule has 1 amide bonds. The van der Waals surface area contributed by atoms with E-state index < -0.39 is 0 Å². The third-order valence-corrected chi connectivity index (χ3v) is 6.49. The molecule has 0 bridgehead atoms. The molecular formula is C25H35N3O2. The molecule has 0 aromatic heterocycles. The van der Waals surface area contributed by atoms with E-state index in [0.717, 1.165) is 38.1 Å². The van der Waals surface area contributed by atoms with Crippen LogP contribution in [0.4, 0.5) is 0 Å². The van der Waals surface area contributed by atoms with Crippen LogP contribution in [-0.2, 0) is 16.8 Å². The number of nitrogens with one attached hydrogen (secondary N) is 1. The standard InChI is InChI=1S/C25H35N3O2/c1-26-19-21(17-20-9-6-5-7-10-20)24(29)28-15-13-25(14-16-28,27(2)3)22-11-8-12-23(18-22)30-4/h5-12,18,21,26H,13-17,19H2,1-4H3. The monoisotopic (exact) mass is 409 g/mol. The molecule has 1 fully saturated rings. The number of hydrogen-bond donors (Lipinski definition) is 1. The molecule has 1 atom stereocenters. The highest BCUT2D eigenvalue weighted by atomic mass is 16.5. The molecular weight excluding hydrogens is 374 g/mol. The first-order chi connectivity index (χ1) is 14.5. The second kappa shape index (κ2) is 10.1. The number of hydrogen-bond acceptors (Lipinski definition) is 4. The molecule has 0 spiro atoms. The van der Waals surface area contributed by atoms with Crippen LogP contribution in [-0.4, -0.2) is 63.6 Å². The van der Waals surface area contributed by atoms with E-state index in [-0.39, 0.29) is 17.4 Å². The molecule has 1 aliphatic heterocycles. The van der Waals surface area contributed by atoms with E-state index in [9.17, 15) is 4.79 Å². The lowest BCUT2D eigenvalue weighted by Gasteiger charge is -2.47. The van der Waals surface area contributed by atoms with Crippen molar-refractivity contribution in [3.63, 3.8) is 0 Å². The Morgan fingerprint density at radius 2 is 1.83 bits per heavy atom. The van der Waals surface area contributed by atoms with Crippen molar-refractivity contribution in [1.82, 2.24) is 15.1 Å². The zero-order chi connectivity index (χ0) is 21.6. The van der Waals surface area contributed by atoms with E-state index in [1.807, 2.05) is 31.3 Å². The first kappa shape index (κ1) is 22.3. The first-order valence-corrected chi connectivity index (χ1v) is 10.8. The Morgan fingerprint density at radius 3 is 2.43 bits per heavy atom. The minimum atomic E-state index is -0.0801. The second-order valence-corrected chi connectivity index (χ2v) is 8.43. The second-order valence-electron chi connectivity index (χ2n) is 8.43. The molecule has 0 saturated carbocycles. The lowest BCUT2D eigenvalue weighted by Crippen LogP contribution is -2.53. The van der Waals surface area contributed by atoms with Gasteiger partial charge in [0.2, 0.25) is 5.91 Å². The van der Waals surface area contributed by atoms with Crippen molar-refractivity contribution in [3.05, 3.63) is 65.7 Å². The third-order valence-electron chi connectivity index (χ3n) is 6.49. The molecule has 3 rings (SSSR count). The van der Waals surface area contributed by atoms with Gasteiger partial charge in [-0.25, -0.2) is 0 Å². The molecule has 5 heteroatoms. The van der Waals surface area contributed by atoms with Gasteiger partial charge in [0.1, 0.15) is 5.75 Å². The molecule has 1 heterocycles. The Hall–Kier alpha value is -2.37. The topological polar surface area (TPSA) is 44.8 Å². The minimum absolute atomic E-state index is 0.0407. The van der Waals surface area contributed by atoms with Gasteiger partial charge in [-0.15, -0.1) is 0 Å². The van der Waals surface area contributed by atoms with Gasteiger partial charge in [-0.1, -0.05) is 42.5 Å². The van der Waals surface area contributed by atoms with Gasteiger partial charge >= 0.3 is 0 Å². The molecule has 1 unspecified atom stereocenters. The summed E-state index contributed by atoms with van der Waals surface area (Å²) in [6, 6.07) is 18.7. The van der Waals surface area contributed by atoms with Gasteiger partial charge in [-0.05, 0) is 63.7 Å². The molecule has 2 aromatic carbocycles. The predicted octanol–water partition coefficient (Wildman–Crippen LogP) is 3.15. The molecule has 2 aromatic rings. The summed E-state index contributed by atoms with van der Waals surface area (Å²) in [5.74, 6) is 1.09. The van der Waals surface area contributed by atoms with Gasteiger partial charge in [0, 0.05) is 25.2 Å². The maximum absolute atomic E-state index is 13.4. The Labute approximate surface area is 181 Å². The fraction of sp³-hybridized carbons (Fsp3) is 0.480. The number of likely N-dealkylation sites (tertiary alicyclic amines) is 1. The average Bonchev–Trinajstić information content (AvgIpc) is 2.79. The van der Waals surface area contributed by atoms with Crippen LogP contribution in [0.2, 0.25) is 0 Å². The fourth-order valence-electron chi connectivity index (χ4n) is 4.65. The summed E-state index contributed by atoms with van der Waals surface area (Å²) in [5.41, 5.74) is 2.39. The van der Waals surface area contributed by atoms with Crippen molar-refractivity contribution in [1.29, 1.82) is 0 Å². The van der Waals surface area contributed by atoms with Crippen LogP contribution in [0, 0.1) is 5.92 Å². The molecule has 1 aliphatic rings. The zero-order valence-electron chi connectivity index (χ0n) is 18.7. The number of carbonyl (C=O) groups excluding carboxylic acids is 1. The van der Waals surface area contributed by atoms with Crippen molar-refractivity contribution < 1.29 is 9.53 Å². The van der Waals surface area contributed by atoms with Crippen LogP contribution >= 0.6 is 0 Å². The lowest BCUT2D eigenvalue weighted by molar-refractivity contribution is -0.138. The van der Waals surface area contributed by atoms with E-state index in [2.05, 4.69) is 59.5 Å². The zero-order valence-corrected chi connectivity index (χ0v) is 18.7. The van der Waals surface area contributed by atoms with Crippen molar-refractivity contribution >= 4 is 5.91 Å². The third kappa shape index (κ3) is 4.85. The van der Waals surface area contributed by atoms with Gasteiger partial charge in [0.05, 0.1) is 13.0 Å². The van der Waals surface area contributed by atoms with E-state index in [4.69, 9.17) is 4.74 Å². The quantitative estimate of drug-likeness (QED) is 0.728. The van der Waals surface area contributed by atoms with Crippen LogP contribution in [0.3, 0.4) is 0 Å². The van der Waals surface area contributed by atoms with Crippen LogP contribution in [0.5, 0.6) is 5.75 Å². The highest BCUT2D eigenvalue weighted by Gasteiger charge is 2.40. The summed E-state index contributed by atoms with van der Waals surface area (Å²) >= 11 is 0. The molecule has 162 valence electrons. The van der Waals surface area contributed by atoms with E-state index in [0.29, 0.717) is 6.54 Å². The number of rotatable bonds is 8. The van der Waals surface area contributed by atoms with Crippen LogP contribution in [0.25, 0.3) is 0 Å². The van der Waals surface area contributed by atoms with Crippen molar-refractivity contribution in [2.45, 2.75) is 24.8 Å². The van der Waals surface area contributed by atoms with Gasteiger partial charge < -0.3 is 15.0 Å². The van der Waals surface area contributed by atoms with Crippen LogP contribution < -0.4 is 10.1 Å². The predicted molar refractivity (Wildman–Crippen MR) is 122 cm³/mol. The van der Waals surface area contributed by atoms with Crippen molar-refractivity contribution in [2.75, 3.05) is 47.9 Å². The number of methoxy groups -OCH3 is 1. The minimum Gasteiger partial charge on any atom is -0.497 e. The number of carbonyl (C=O) groups is 1. The lowest BCUT2D eigenvalue weighted by atomic mass is 9.79. The Morgan fingerprint density at radius 1 is 1.13 bits per heavy atom. The maximum Gasteiger partial charge on any atom is 0.227 e. The maximum atomic E-state index is 13.4. The van der Waals surface area contributed by atoms with Crippen molar-refractivity contribution in [3.8, 4) is 5.75 Å². The summed E-state index contributed by atoms with van der Waals surface area (Å²) in [5, 5.41) is 3.21. The number of piperidine rings is 1. The summed E-state index contributed by atoms with van der Waals surface area (Å²) < 4.78 is 5.45. The molecule has 1 N–H and O–H groups in total. The highest BCUT2D eigenvalue weighted by Crippen LogP contribution is 2.39. The van der Waals surface area contributed by atoms with Gasteiger partial charge in [-0.2, -0.15) is 0 Å². The Bertz CT molecular complexity index is 814. The molecule has 1 saturated heterocycles. The highest BCUT2D eigenvalue weighted by molar-refractivity contribution is 5.79. The van der Waals surface area contributed by atoms with Crippen LogP contribution in [0.1, 0.15) is 24.0 Å². The summed E-state index contributed by atoms with van der Waals surface area (Å²) in [6.45, 7) is 2.23. The summed E-state index contributed by atoms with van der Waals surface area (Å²) in [6.07, 6.45) is 2.60. The van der Waals surface area contributed by atoms with Crippen LogP contribution in [0.15, 0.2) is 54.6 Å². The smallest absolute Gasteiger partial charge is 0.227 e. The summed E-state index contributed by atoms with van der Waals surface area (Å²) in [7, 11) is 7.89. The van der Waals surface area contributed by atoms with E-state index in [1.165, 1.54) is 11.1 Å².